The van der Waals surface area contributed by atoms with Crippen LogP contribution in [-0.4, -0.2) is 22.5 Å². The van der Waals surface area contributed by atoms with Crippen LogP contribution in [0.15, 0.2) is 17.4 Å². The molecular formula is C6H6N4S. The number of nitrogens with zero attached hydrogens (tertiary/aromatic N) is 2. The predicted octanol–water partition coefficient (Wildman–Crippen LogP) is 1.17. The molecule has 0 bridgehead atoms. The molecule has 0 atom stereocenters. The van der Waals surface area contributed by atoms with Crippen molar-refractivity contribution in [1.82, 2.24) is 9.97 Å². The first-order valence-corrected chi connectivity index (χ1v) is 3.31. The van der Waals surface area contributed by atoms with E-state index in [0.29, 0.717) is 10.3 Å². The van der Waals surface area contributed by atoms with Crippen molar-refractivity contribution in [2.75, 3.05) is 0 Å². The largest absolute Gasteiger partial charge is 0.350 e. The Morgan fingerprint density at radius 3 is 3.18 bits per heavy atom. The molecule has 0 aromatic carbocycles. The van der Waals surface area contributed by atoms with E-state index < -0.39 is 0 Å². The van der Waals surface area contributed by atoms with E-state index in [1.807, 2.05) is 0 Å². The molecule has 0 radical (unpaired) electrons. The number of hydrogen-bond acceptors (Lipinski definition) is 3. The first-order valence-electron chi connectivity index (χ1n) is 2.90. The van der Waals surface area contributed by atoms with Crippen LogP contribution >= 0.6 is 12.2 Å². The lowest BCUT2D eigenvalue weighted by Gasteiger charge is -1.88. The molecule has 1 aromatic rings. The second kappa shape index (κ2) is 3.72. The molecule has 0 aliphatic heterocycles. The molecule has 4 nitrogen and oxygen atoms in total. The van der Waals surface area contributed by atoms with E-state index >= 15 is 0 Å². The van der Waals surface area contributed by atoms with Crippen LogP contribution in [0.5, 0.6) is 0 Å². The van der Waals surface area contributed by atoms with Crippen molar-refractivity contribution in [2.24, 2.45) is 4.99 Å². The summed E-state index contributed by atoms with van der Waals surface area (Å²) in [5.41, 5.74) is 0.575. The van der Waals surface area contributed by atoms with Crippen molar-refractivity contribution in [2.45, 2.75) is 0 Å². The molecule has 0 spiro atoms. The van der Waals surface area contributed by atoms with Crippen molar-refractivity contribution < 1.29 is 0 Å². The second-order valence-corrected chi connectivity index (χ2v) is 2.12. The predicted molar refractivity (Wildman–Crippen MR) is 45.8 cm³/mol. The summed E-state index contributed by atoms with van der Waals surface area (Å²) in [6.07, 6.45) is 5.60. The minimum absolute atomic E-state index is 0.526. The number of nitrogens with one attached hydrogen (secondary N) is 2. The van der Waals surface area contributed by atoms with Crippen molar-refractivity contribution in [3.63, 3.8) is 0 Å². The minimum Gasteiger partial charge on any atom is -0.350 e. The Bertz CT molecular complexity index is 327. The van der Waals surface area contributed by atoms with Crippen molar-refractivity contribution in [1.29, 1.82) is 5.41 Å². The lowest BCUT2D eigenvalue weighted by molar-refractivity contribution is 1.16. The Labute approximate surface area is 68.5 Å². The molecule has 1 heterocycles. The lowest BCUT2D eigenvalue weighted by Crippen LogP contribution is -1.89. The van der Waals surface area contributed by atoms with Gasteiger partial charge in [-0.1, -0.05) is 12.2 Å². The van der Waals surface area contributed by atoms with Gasteiger partial charge >= 0.3 is 0 Å². The zero-order chi connectivity index (χ0) is 8.10. The Kier molecular flexibility index (Phi) is 2.62. The molecule has 11 heavy (non-hydrogen) atoms. The number of H-pyrrole nitrogens is 1. The highest BCUT2D eigenvalue weighted by molar-refractivity contribution is 7.71. The van der Waals surface area contributed by atoms with Crippen LogP contribution in [0.4, 0.5) is 0 Å². The zero-order valence-electron chi connectivity index (χ0n) is 5.61. The molecule has 2 N–H and O–H groups in total. The van der Waals surface area contributed by atoms with Gasteiger partial charge in [0.25, 0.3) is 0 Å². The summed E-state index contributed by atoms with van der Waals surface area (Å²) < 4.78 is 0.526. The molecule has 0 saturated heterocycles. The fourth-order valence-corrected chi connectivity index (χ4v) is 0.736. The fourth-order valence-electron chi connectivity index (χ4n) is 0.563. The normalized spacial score (nSPS) is 10.2. The van der Waals surface area contributed by atoms with Crippen molar-refractivity contribution >= 4 is 24.8 Å². The summed E-state index contributed by atoms with van der Waals surface area (Å²) in [5, 5.41) is 6.63. The van der Waals surface area contributed by atoms with Gasteiger partial charge in [0.05, 0.1) is 6.21 Å². The minimum atomic E-state index is 0.526. The van der Waals surface area contributed by atoms with E-state index in [0.717, 1.165) is 6.34 Å². The number of rotatable bonds is 2. The molecule has 0 saturated carbocycles. The third-order valence-electron chi connectivity index (χ3n) is 1.01. The van der Waals surface area contributed by atoms with Gasteiger partial charge in [0.2, 0.25) is 0 Å². The number of aliphatic imine (C=N–C) groups is 1. The van der Waals surface area contributed by atoms with Crippen LogP contribution in [0.25, 0.3) is 0 Å². The monoisotopic (exact) mass is 166 g/mol. The third-order valence-corrected chi connectivity index (χ3v) is 1.33. The van der Waals surface area contributed by atoms with E-state index in [9.17, 15) is 0 Å². The van der Waals surface area contributed by atoms with Crippen molar-refractivity contribution in [3.05, 3.63) is 22.7 Å². The summed E-state index contributed by atoms with van der Waals surface area (Å²) in [5.74, 6) is 0. The van der Waals surface area contributed by atoms with Gasteiger partial charge in [0, 0.05) is 12.4 Å². The smallest absolute Gasteiger partial charge is 0.130 e. The molecular weight excluding hydrogens is 160 g/mol. The average Bonchev–Trinajstić information content (AvgIpc) is 2.03. The number of aromatic nitrogens is 2. The standard InChI is InChI=1S/C6H6N4S/c7-4-8-3-5-6(11)10-2-1-9-5/h1-4,7H,(H,10,11). The number of hydrogen-bond donors (Lipinski definition) is 2. The van der Waals surface area contributed by atoms with Crippen molar-refractivity contribution in [3.8, 4) is 0 Å². The lowest BCUT2D eigenvalue weighted by atomic mass is 10.5. The molecule has 1 aromatic heterocycles. The summed E-state index contributed by atoms with van der Waals surface area (Å²) in [4.78, 5) is 10.3. The molecule has 5 heteroatoms. The zero-order valence-corrected chi connectivity index (χ0v) is 6.43. The van der Waals surface area contributed by atoms with Crippen LogP contribution in [0.1, 0.15) is 5.69 Å². The molecule has 0 aliphatic rings. The van der Waals surface area contributed by atoms with Crippen LogP contribution in [0.2, 0.25) is 0 Å². The van der Waals surface area contributed by atoms with Gasteiger partial charge in [-0.2, -0.15) is 0 Å². The van der Waals surface area contributed by atoms with E-state index in [-0.39, 0.29) is 0 Å². The van der Waals surface area contributed by atoms with Crippen LogP contribution in [-0.2, 0) is 0 Å². The van der Waals surface area contributed by atoms with E-state index in [1.54, 1.807) is 12.4 Å². The summed E-state index contributed by atoms with van der Waals surface area (Å²) in [7, 11) is 0. The molecule has 56 valence electrons. The van der Waals surface area contributed by atoms with Crippen LogP contribution in [0.3, 0.4) is 0 Å². The van der Waals surface area contributed by atoms with Gasteiger partial charge in [-0.15, -0.1) is 0 Å². The molecule has 0 amide bonds. The third kappa shape index (κ3) is 2.05. The van der Waals surface area contributed by atoms with Gasteiger partial charge in [0.1, 0.15) is 16.7 Å². The topological polar surface area (TPSA) is 64.9 Å². The Balaban J connectivity index is 3.04. The van der Waals surface area contributed by atoms with Gasteiger partial charge in [-0.05, 0) is 0 Å². The summed E-state index contributed by atoms with van der Waals surface area (Å²) in [6, 6.07) is 0. The Morgan fingerprint density at radius 2 is 2.55 bits per heavy atom. The second-order valence-electron chi connectivity index (χ2n) is 1.71. The van der Waals surface area contributed by atoms with Crippen LogP contribution < -0.4 is 0 Å². The molecule has 0 unspecified atom stereocenters. The SMILES string of the molecule is N=CN=Cc1ncc[nH]c1=S. The fraction of sp³-hybridized carbons (Fsp3) is 0. The first kappa shape index (κ1) is 7.74. The van der Waals surface area contributed by atoms with E-state index in [4.69, 9.17) is 17.6 Å². The Hall–Kier alpha value is -1.36. The molecule has 0 fully saturated rings. The maximum absolute atomic E-state index is 6.63. The molecule has 0 aliphatic carbocycles. The van der Waals surface area contributed by atoms with E-state index in [2.05, 4.69) is 15.0 Å². The van der Waals surface area contributed by atoms with E-state index in [1.165, 1.54) is 6.21 Å². The summed E-state index contributed by atoms with van der Waals surface area (Å²) >= 11 is 4.88. The highest BCUT2D eigenvalue weighted by atomic mass is 32.1. The maximum Gasteiger partial charge on any atom is 0.130 e. The van der Waals surface area contributed by atoms with Gasteiger partial charge in [-0.3, -0.25) is 10.4 Å². The first-order chi connectivity index (χ1) is 5.34. The quantitative estimate of drug-likeness (QED) is 0.393. The molecule has 1 rings (SSSR count). The van der Waals surface area contributed by atoms with Gasteiger partial charge < -0.3 is 4.98 Å². The van der Waals surface area contributed by atoms with Gasteiger partial charge in [0.15, 0.2) is 0 Å². The highest BCUT2D eigenvalue weighted by Crippen LogP contribution is 1.89. The highest BCUT2D eigenvalue weighted by Gasteiger charge is 1.88. The average molecular weight is 166 g/mol. The van der Waals surface area contributed by atoms with Crippen LogP contribution in [0, 0.1) is 10.0 Å². The summed E-state index contributed by atoms with van der Waals surface area (Å²) in [6.45, 7) is 0. The maximum atomic E-state index is 6.63. The number of aromatic amines is 1. The Morgan fingerprint density at radius 1 is 1.73 bits per heavy atom. The van der Waals surface area contributed by atoms with Gasteiger partial charge in [-0.25, -0.2) is 4.99 Å².